The Hall–Kier alpha value is -1.63. The summed E-state index contributed by atoms with van der Waals surface area (Å²) in [5.41, 5.74) is 5.53. The fourth-order valence-electron chi connectivity index (χ4n) is 1.88. The molecule has 0 saturated carbocycles. The van der Waals surface area contributed by atoms with Gasteiger partial charge in [-0.05, 0) is 25.2 Å². The van der Waals surface area contributed by atoms with E-state index in [0.29, 0.717) is 6.42 Å². The van der Waals surface area contributed by atoms with E-state index >= 15 is 0 Å². The van der Waals surface area contributed by atoms with Crippen LogP contribution in [0.4, 0.5) is 0 Å². The highest BCUT2D eigenvalue weighted by atomic mass is 16.4. The van der Waals surface area contributed by atoms with Crippen molar-refractivity contribution in [2.45, 2.75) is 45.6 Å². The topological polar surface area (TPSA) is 130 Å². The second-order valence-corrected chi connectivity index (χ2v) is 5.25. The average molecular weight is 288 g/mol. The lowest BCUT2D eigenvalue weighted by molar-refractivity contribution is -0.143. The van der Waals surface area contributed by atoms with Crippen molar-refractivity contribution in [1.82, 2.24) is 5.32 Å². The van der Waals surface area contributed by atoms with E-state index in [1.165, 1.54) is 0 Å². The van der Waals surface area contributed by atoms with Gasteiger partial charge in [0.2, 0.25) is 5.91 Å². The lowest BCUT2D eigenvalue weighted by atomic mass is 9.96. The number of carboxylic acids is 2. The molecule has 20 heavy (non-hydrogen) atoms. The van der Waals surface area contributed by atoms with Crippen LogP contribution in [0.3, 0.4) is 0 Å². The summed E-state index contributed by atoms with van der Waals surface area (Å²) in [6.07, 6.45) is 0.756. The van der Waals surface area contributed by atoms with Crippen molar-refractivity contribution in [3.05, 3.63) is 0 Å². The first-order valence-electron chi connectivity index (χ1n) is 6.73. The number of carboxylic acid groups (broad SMARTS) is 2. The second kappa shape index (κ2) is 9.30. The lowest BCUT2D eigenvalue weighted by Crippen LogP contribution is -2.45. The molecule has 5 N–H and O–H groups in total. The van der Waals surface area contributed by atoms with E-state index in [4.69, 9.17) is 15.9 Å². The van der Waals surface area contributed by atoms with Gasteiger partial charge < -0.3 is 21.3 Å². The molecule has 0 aliphatic heterocycles. The Kier molecular flexibility index (Phi) is 8.54. The molecule has 7 heteroatoms. The predicted octanol–water partition coefficient (Wildman–Crippen LogP) is 0.432. The fraction of sp³-hybridized carbons (Fsp3) is 0.769. The van der Waals surface area contributed by atoms with Crippen LogP contribution in [0, 0.1) is 11.8 Å². The lowest BCUT2D eigenvalue weighted by Gasteiger charge is -2.20. The molecule has 0 fully saturated rings. The number of carbonyl (C=O) groups is 3. The van der Waals surface area contributed by atoms with Gasteiger partial charge in [-0.3, -0.25) is 9.59 Å². The number of hydrogen-bond donors (Lipinski definition) is 4. The smallest absolute Gasteiger partial charge is 0.326 e. The van der Waals surface area contributed by atoms with Gasteiger partial charge in [0, 0.05) is 13.0 Å². The minimum Gasteiger partial charge on any atom is -0.481 e. The summed E-state index contributed by atoms with van der Waals surface area (Å²) in [6, 6.07) is -1.07. The Morgan fingerprint density at radius 2 is 1.80 bits per heavy atom. The highest BCUT2D eigenvalue weighted by Crippen LogP contribution is 2.12. The number of aliphatic carboxylic acids is 2. The third-order valence-electron chi connectivity index (χ3n) is 2.91. The van der Waals surface area contributed by atoms with Gasteiger partial charge in [-0.2, -0.15) is 0 Å². The number of carbonyl (C=O) groups excluding carboxylic acids is 1. The van der Waals surface area contributed by atoms with Crippen LogP contribution in [-0.4, -0.2) is 40.6 Å². The molecule has 0 rings (SSSR count). The maximum Gasteiger partial charge on any atom is 0.326 e. The van der Waals surface area contributed by atoms with E-state index in [1.807, 2.05) is 13.8 Å². The molecule has 0 bridgehead atoms. The maximum atomic E-state index is 12.0. The molecule has 2 atom stereocenters. The second-order valence-electron chi connectivity index (χ2n) is 5.25. The maximum absolute atomic E-state index is 12.0. The summed E-state index contributed by atoms with van der Waals surface area (Å²) in [6.45, 7) is 4.07. The Bertz CT molecular complexity index is 344. The largest absolute Gasteiger partial charge is 0.481 e. The van der Waals surface area contributed by atoms with Gasteiger partial charge in [-0.1, -0.05) is 13.8 Å². The zero-order valence-corrected chi connectivity index (χ0v) is 12.0. The van der Waals surface area contributed by atoms with E-state index in [2.05, 4.69) is 5.32 Å². The van der Waals surface area contributed by atoms with Crippen LogP contribution in [0.1, 0.15) is 39.5 Å². The third kappa shape index (κ3) is 7.73. The zero-order valence-electron chi connectivity index (χ0n) is 12.0. The van der Waals surface area contributed by atoms with Crippen LogP contribution in [0.2, 0.25) is 0 Å². The molecule has 0 saturated heterocycles. The summed E-state index contributed by atoms with van der Waals surface area (Å²) in [7, 11) is 0. The van der Waals surface area contributed by atoms with Crippen LogP contribution in [0.15, 0.2) is 0 Å². The van der Waals surface area contributed by atoms with Crippen LogP contribution in [-0.2, 0) is 14.4 Å². The number of hydrogen-bond acceptors (Lipinski definition) is 4. The van der Waals surface area contributed by atoms with Gasteiger partial charge in [-0.25, -0.2) is 4.79 Å². The highest BCUT2D eigenvalue weighted by Gasteiger charge is 2.24. The fourth-order valence-corrected chi connectivity index (χ4v) is 1.88. The van der Waals surface area contributed by atoms with Crippen molar-refractivity contribution >= 4 is 17.8 Å². The molecule has 0 radical (unpaired) electrons. The molecule has 0 spiro atoms. The number of nitrogens with two attached hydrogens (primary N) is 1. The van der Waals surface area contributed by atoms with Crippen LogP contribution >= 0.6 is 0 Å². The van der Waals surface area contributed by atoms with Crippen molar-refractivity contribution in [1.29, 1.82) is 0 Å². The van der Waals surface area contributed by atoms with Crippen molar-refractivity contribution in [3.8, 4) is 0 Å². The van der Waals surface area contributed by atoms with Crippen molar-refractivity contribution < 1.29 is 24.6 Å². The molecule has 7 nitrogen and oxygen atoms in total. The molecular weight excluding hydrogens is 264 g/mol. The van der Waals surface area contributed by atoms with Crippen molar-refractivity contribution in [3.63, 3.8) is 0 Å². The van der Waals surface area contributed by atoms with Gasteiger partial charge in [0.25, 0.3) is 0 Å². The molecular formula is C13H24N2O5. The van der Waals surface area contributed by atoms with E-state index in [1.54, 1.807) is 0 Å². The molecule has 0 aromatic rings. The summed E-state index contributed by atoms with van der Waals surface area (Å²) in [5.74, 6) is -2.67. The molecule has 0 aliphatic rings. The van der Waals surface area contributed by atoms with Gasteiger partial charge >= 0.3 is 11.9 Å². The minimum absolute atomic E-state index is 0.0896. The Morgan fingerprint density at radius 1 is 1.20 bits per heavy atom. The molecule has 0 aromatic heterocycles. The first-order chi connectivity index (χ1) is 9.27. The molecule has 0 aliphatic carbocycles. The molecule has 1 unspecified atom stereocenters. The normalized spacial score (nSPS) is 13.8. The van der Waals surface area contributed by atoms with Gasteiger partial charge in [0.05, 0.1) is 5.92 Å². The van der Waals surface area contributed by atoms with Gasteiger partial charge in [0.1, 0.15) is 6.04 Å². The van der Waals surface area contributed by atoms with E-state index in [0.717, 1.165) is 0 Å². The van der Waals surface area contributed by atoms with Gasteiger partial charge in [-0.15, -0.1) is 0 Å². The Labute approximate surface area is 118 Å². The molecule has 1 amide bonds. The number of rotatable bonds is 10. The first kappa shape index (κ1) is 18.4. The summed E-state index contributed by atoms with van der Waals surface area (Å²) in [4.78, 5) is 33.4. The average Bonchev–Trinajstić information content (AvgIpc) is 2.33. The Balaban J connectivity index is 4.45. The number of nitrogens with one attached hydrogen (secondary N) is 1. The Morgan fingerprint density at radius 3 is 2.20 bits per heavy atom. The quantitative estimate of drug-likeness (QED) is 0.461. The van der Waals surface area contributed by atoms with Crippen molar-refractivity contribution in [2.24, 2.45) is 17.6 Å². The van der Waals surface area contributed by atoms with Gasteiger partial charge in [0.15, 0.2) is 0 Å². The standard InChI is InChI=1S/C13H24N2O5/c1-8(2)6-9(7-14)12(18)15-10(13(19)20)4-3-5-11(16)17/h8-10H,3-7,14H2,1-2H3,(H,15,18)(H,16,17)(H,19,20)/t9?,10-/m1/s1. The minimum atomic E-state index is -1.16. The van der Waals surface area contributed by atoms with Crippen LogP contribution < -0.4 is 11.1 Å². The monoisotopic (exact) mass is 288 g/mol. The van der Waals surface area contributed by atoms with Crippen LogP contribution in [0.25, 0.3) is 0 Å². The number of amides is 1. The van der Waals surface area contributed by atoms with E-state index < -0.39 is 23.9 Å². The predicted molar refractivity (Wildman–Crippen MR) is 73.1 cm³/mol. The van der Waals surface area contributed by atoms with E-state index in [9.17, 15) is 14.4 Å². The third-order valence-corrected chi connectivity index (χ3v) is 2.91. The van der Waals surface area contributed by atoms with Crippen molar-refractivity contribution in [2.75, 3.05) is 6.54 Å². The summed E-state index contributed by atoms with van der Waals surface area (Å²) < 4.78 is 0. The van der Waals surface area contributed by atoms with E-state index in [-0.39, 0.29) is 37.6 Å². The summed E-state index contributed by atoms with van der Waals surface area (Å²) in [5, 5.41) is 20.0. The van der Waals surface area contributed by atoms with Crippen LogP contribution in [0.5, 0.6) is 0 Å². The zero-order chi connectivity index (χ0) is 15.7. The highest BCUT2D eigenvalue weighted by molar-refractivity contribution is 5.85. The summed E-state index contributed by atoms with van der Waals surface area (Å²) >= 11 is 0. The molecule has 116 valence electrons. The molecule has 0 aromatic carbocycles. The first-order valence-corrected chi connectivity index (χ1v) is 6.73. The SMILES string of the molecule is CC(C)CC(CN)C(=O)N[C@H](CCCC(=O)O)C(=O)O. The molecule has 0 heterocycles.